The number of ether oxygens (including phenoxy) is 1. The Morgan fingerprint density at radius 2 is 2.00 bits per heavy atom. The van der Waals surface area contributed by atoms with Gasteiger partial charge in [-0.3, -0.25) is 0 Å². The van der Waals surface area contributed by atoms with Crippen LogP contribution >= 0.6 is 0 Å². The number of benzene rings is 1. The lowest BCUT2D eigenvalue weighted by atomic mass is 10.2. The summed E-state index contributed by atoms with van der Waals surface area (Å²) in [6, 6.07) is 5.05. The van der Waals surface area contributed by atoms with Crippen LogP contribution in [-0.2, 0) is 15.6 Å². The molecule has 0 saturated heterocycles. The van der Waals surface area contributed by atoms with Crippen molar-refractivity contribution in [2.75, 3.05) is 18.6 Å². The van der Waals surface area contributed by atoms with E-state index < -0.39 is 9.84 Å². The Balaban J connectivity index is 2.86. The minimum absolute atomic E-state index is 0.0199. The zero-order chi connectivity index (χ0) is 13.8. The lowest BCUT2D eigenvalue weighted by Gasteiger charge is -2.11. The van der Waals surface area contributed by atoms with Crippen LogP contribution in [0, 0.1) is 5.92 Å². The standard InChI is InChI=1S/C13H21NO3S/c1-10(2)6-7-18(15,16)9-11-8-12(14)4-5-13(11)17-3/h4-5,8,10H,6-7,9,14H2,1-3H3. The van der Waals surface area contributed by atoms with Gasteiger partial charge in [0.25, 0.3) is 0 Å². The number of anilines is 1. The monoisotopic (exact) mass is 271 g/mol. The van der Waals surface area contributed by atoms with Gasteiger partial charge in [0.15, 0.2) is 9.84 Å². The van der Waals surface area contributed by atoms with Crippen LogP contribution in [0.4, 0.5) is 5.69 Å². The van der Waals surface area contributed by atoms with E-state index in [9.17, 15) is 8.42 Å². The quantitative estimate of drug-likeness (QED) is 0.806. The second-order valence-electron chi connectivity index (χ2n) is 4.85. The molecule has 0 heterocycles. The zero-order valence-corrected chi connectivity index (χ0v) is 12.0. The Bertz CT molecular complexity index is 495. The second kappa shape index (κ2) is 6.09. The van der Waals surface area contributed by atoms with E-state index >= 15 is 0 Å². The third-order valence-corrected chi connectivity index (χ3v) is 4.29. The average molecular weight is 271 g/mol. The molecule has 0 bridgehead atoms. The van der Waals surface area contributed by atoms with Crippen LogP contribution < -0.4 is 10.5 Å². The normalized spacial score (nSPS) is 11.8. The molecule has 1 rings (SSSR count). The van der Waals surface area contributed by atoms with E-state index in [0.29, 0.717) is 29.3 Å². The number of hydrogen-bond acceptors (Lipinski definition) is 4. The van der Waals surface area contributed by atoms with Crippen LogP contribution in [0.1, 0.15) is 25.8 Å². The molecule has 0 spiro atoms. The van der Waals surface area contributed by atoms with Crippen molar-refractivity contribution in [3.8, 4) is 5.75 Å². The summed E-state index contributed by atoms with van der Waals surface area (Å²) < 4.78 is 29.1. The predicted molar refractivity (Wildman–Crippen MR) is 74.4 cm³/mol. The van der Waals surface area contributed by atoms with E-state index in [1.807, 2.05) is 13.8 Å². The maximum atomic E-state index is 12.0. The molecular formula is C13H21NO3S. The molecule has 1 aromatic carbocycles. The van der Waals surface area contributed by atoms with Crippen LogP contribution in [0.15, 0.2) is 18.2 Å². The molecule has 1 aromatic rings. The zero-order valence-electron chi connectivity index (χ0n) is 11.1. The Morgan fingerprint density at radius 1 is 1.33 bits per heavy atom. The number of rotatable bonds is 6. The van der Waals surface area contributed by atoms with Gasteiger partial charge in [-0.15, -0.1) is 0 Å². The Labute approximate surface area is 109 Å². The van der Waals surface area contributed by atoms with Crippen LogP contribution in [0.2, 0.25) is 0 Å². The van der Waals surface area contributed by atoms with Gasteiger partial charge in [-0.1, -0.05) is 13.8 Å². The lowest BCUT2D eigenvalue weighted by molar-refractivity contribution is 0.411. The first kappa shape index (κ1) is 14.8. The molecule has 0 aliphatic rings. The molecule has 18 heavy (non-hydrogen) atoms. The summed E-state index contributed by atoms with van der Waals surface area (Å²) in [4.78, 5) is 0. The molecule has 0 fully saturated rings. The first-order valence-corrected chi connectivity index (χ1v) is 7.79. The Kier molecular flexibility index (Phi) is 5.02. The van der Waals surface area contributed by atoms with Gasteiger partial charge in [0.1, 0.15) is 5.75 Å². The first-order valence-electron chi connectivity index (χ1n) is 5.97. The van der Waals surface area contributed by atoms with Gasteiger partial charge in [-0.05, 0) is 30.5 Å². The van der Waals surface area contributed by atoms with Gasteiger partial charge >= 0.3 is 0 Å². The highest BCUT2D eigenvalue weighted by atomic mass is 32.2. The van der Waals surface area contributed by atoms with E-state index in [1.165, 1.54) is 7.11 Å². The van der Waals surface area contributed by atoms with Crippen LogP contribution in [-0.4, -0.2) is 21.3 Å². The van der Waals surface area contributed by atoms with E-state index in [1.54, 1.807) is 18.2 Å². The highest BCUT2D eigenvalue weighted by Gasteiger charge is 2.16. The number of nitrogens with two attached hydrogens (primary N) is 1. The Hall–Kier alpha value is -1.23. The number of nitrogen functional groups attached to an aromatic ring is 1. The van der Waals surface area contributed by atoms with E-state index in [2.05, 4.69) is 0 Å². The van der Waals surface area contributed by atoms with Crippen molar-refractivity contribution in [1.29, 1.82) is 0 Å². The minimum Gasteiger partial charge on any atom is -0.496 e. The van der Waals surface area contributed by atoms with E-state index in [4.69, 9.17) is 10.5 Å². The maximum absolute atomic E-state index is 12.0. The molecule has 0 atom stereocenters. The highest BCUT2D eigenvalue weighted by molar-refractivity contribution is 7.90. The van der Waals surface area contributed by atoms with Gasteiger partial charge in [-0.2, -0.15) is 0 Å². The van der Waals surface area contributed by atoms with Gasteiger partial charge in [0.2, 0.25) is 0 Å². The molecule has 2 N–H and O–H groups in total. The lowest BCUT2D eigenvalue weighted by Crippen LogP contribution is -2.12. The minimum atomic E-state index is -3.11. The van der Waals surface area contributed by atoms with Crippen LogP contribution in [0.5, 0.6) is 5.75 Å². The summed E-state index contributed by atoms with van der Waals surface area (Å²) in [5.74, 6) is 1.12. The van der Waals surface area contributed by atoms with Crippen molar-refractivity contribution in [2.45, 2.75) is 26.0 Å². The summed E-state index contributed by atoms with van der Waals surface area (Å²) in [7, 11) is -1.59. The van der Waals surface area contributed by atoms with Crippen LogP contribution in [0.3, 0.4) is 0 Å². The fraction of sp³-hybridized carbons (Fsp3) is 0.538. The summed E-state index contributed by atoms with van der Waals surface area (Å²) >= 11 is 0. The maximum Gasteiger partial charge on any atom is 0.154 e. The second-order valence-corrected chi connectivity index (χ2v) is 7.03. The molecule has 4 nitrogen and oxygen atoms in total. The van der Waals surface area contributed by atoms with Crippen molar-refractivity contribution in [3.63, 3.8) is 0 Å². The molecule has 0 amide bonds. The fourth-order valence-corrected chi connectivity index (χ4v) is 3.31. The number of hydrogen-bond donors (Lipinski definition) is 1. The summed E-state index contributed by atoms with van der Waals surface area (Å²) in [5, 5.41) is 0. The number of sulfone groups is 1. The average Bonchev–Trinajstić information content (AvgIpc) is 2.26. The van der Waals surface area contributed by atoms with Gasteiger partial charge in [0.05, 0.1) is 18.6 Å². The third-order valence-electron chi connectivity index (χ3n) is 2.69. The molecule has 0 aliphatic carbocycles. The highest BCUT2D eigenvalue weighted by Crippen LogP contribution is 2.23. The van der Waals surface area contributed by atoms with Gasteiger partial charge < -0.3 is 10.5 Å². The van der Waals surface area contributed by atoms with Crippen molar-refractivity contribution in [2.24, 2.45) is 5.92 Å². The Morgan fingerprint density at radius 3 is 2.56 bits per heavy atom. The summed E-state index contributed by atoms with van der Waals surface area (Å²) in [6.07, 6.45) is 0.674. The van der Waals surface area contributed by atoms with Crippen LogP contribution in [0.25, 0.3) is 0 Å². The van der Waals surface area contributed by atoms with Gasteiger partial charge in [-0.25, -0.2) is 8.42 Å². The predicted octanol–water partition coefficient (Wildman–Crippen LogP) is 2.24. The number of methoxy groups -OCH3 is 1. The van der Waals surface area contributed by atoms with E-state index in [0.717, 1.165) is 0 Å². The molecule has 0 saturated carbocycles. The largest absolute Gasteiger partial charge is 0.496 e. The van der Waals surface area contributed by atoms with Crippen molar-refractivity contribution >= 4 is 15.5 Å². The molecule has 5 heteroatoms. The van der Waals surface area contributed by atoms with Crippen molar-refractivity contribution in [1.82, 2.24) is 0 Å². The molecule has 0 aromatic heterocycles. The third kappa shape index (κ3) is 4.56. The molecular weight excluding hydrogens is 250 g/mol. The fourth-order valence-electron chi connectivity index (χ4n) is 1.64. The smallest absolute Gasteiger partial charge is 0.154 e. The SMILES string of the molecule is COc1ccc(N)cc1CS(=O)(=O)CCC(C)C. The first-order chi connectivity index (χ1) is 8.34. The van der Waals surface area contributed by atoms with Crippen molar-refractivity contribution in [3.05, 3.63) is 23.8 Å². The molecule has 0 unspecified atom stereocenters. The molecule has 0 radical (unpaired) electrons. The van der Waals surface area contributed by atoms with E-state index in [-0.39, 0.29) is 11.5 Å². The van der Waals surface area contributed by atoms with Gasteiger partial charge in [0, 0.05) is 11.3 Å². The molecule has 0 aliphatic heterocycles. The summed E-state index contributed by atoms with van der Waals surface area (Å²) in [6.45, 7) is 4.02. The topological polar surface area (TPSA) is 69.4 Å². The molecule has 102 valence electrons. The van der Waals surface area contributed by atoms with Crippen molar-refractivity contribution < 1.29 is 13.2 Å². The summed E-state index contributed by atoms with van der Waals surface area (Å²) in [5.41, 5.74) is 6.85.